The van der Waals surface area contributed by atoms with E-state index in [1.807, 2.05) is 54.6 Å². The number of rotatable bonds is 5. The summed E-state index contributed by atoms with van der Waals surface area (Å²) in [5, 5.41) is 12.4. The second kappa shape index (κ2) is 11.0. The highest BCUT2D eigenvalue weighted by Gasteiger charge is 2.26. The Morgan fingerprint density at radius 1 is 0.778 bits per heavy atom. The van der Waals surface area contributed by atoms with Gasteiger partial charge in [-0.15, -0.1) is 0 Å². The summed E-state index contributed by atoms with van der Waals surface area (Å²) in [5.41, 5.74) is 9.43. The van der Waals surface area contributed by atoms with Crippen molar-refractivity contribution in [1.29, 1.82) is 0 Å². The number of hydrogen-bond acceptors (Lipinski definition) is 4. The molecule has 0 atom stereocenters. The maximum Gasteiger partial charge on any atom is 0.336 e. The predicted molar refractivity (Wildman–Crippen MR) is 180 cm³/mol. The maximum atomic E-state index is 12.6. The second-order valence-corrected chi connectivity index (χ2v) is 12.1. The van der Waals surface area contributed by atoms with Crippen molar-refractivity contribution in [3.63, 3.8) is 0 Å². The van der Waals surface area contributed by atoms with E-state index in [-0.39, 0.29) is 5.56 Å². The van der Waals surface area contributed by atoms with E-state index in [9.17, 15) is 9.90 Å². The monoisotopic (exact) mass is 588 g/mol. The Labute approximate surface area is 261 Å². The first-order valence-corrected chi connectivity index (χ1v) is 15.7. The lowest BCUT2D eigenvalue weighted by Crippen LogP contribution is -2.14. The Bertz CT molecular complexity index is 2250. The molecular formula is C39H32N4O2. The second-order valence-electron chi connectivity index (χ2n) is 12.1. The van der Waals surface area contributed by atoms with Gasteiger partial charge in [0.25, 0.3) is 0 Å². The lowest BCUT2D eigenvalue weighted by molar-refractivity contribution is 0.0698. The molecule has 6 heteroatoms. The zero-order valence-corrected chi connectivity index (χ0v) is 25.1. The van der Waals surface area contributed by atoms with Crippen molar-refractivity contribution >= 4 is 38.8 Å². The van der Waals surface area contributed by atoms with Gasteiger partial charge in [-0.05, 0) is 85.5 Å². The lowest BCUT2D eigenvalue weighted by atomic mass is 9.94. The molecule has 0 bridgehead atoms. The summed E-state index contributed by atoms with van der Waals surface area (Å²) in [6.07, 6.45) is 7.50. The highest BCUT2D eigenvalue weighted by molar-refractivity contribution is 6.07. The molecule has 0 unspecified atom stereocenters. The topological polar surface area (TPSA) is 80.9 Å². The summed E-state index contributed by atoms with van der Waals surface area (Å²) in [5.74, 6) is -0.0924. The van der Waals surface area contributed by atoms with Crippen LogP contribution in [0.1, 0.15) is 54.1 Å². The third-order valence-electron chi connectivity index (χ3n) is 9.27. The number of aryl methyl sites for hydroxylation is 1. The van der Waals surface area contributed by atoms with E-state index in [0.717, 1.165) is 73.9 Å². The highest BCUT2D eigenvalue weighted by atomic mass is 16.4. The Hall–Kier alpha value is -5.36. The van der Waals surface area contributed by atoms with Crippen molar-refractivity contribution in [3.8, 4) is 33.8 Å². The van der Waals surface area contributed by atoms with Crippen LogP contribution in [0, 0.1) is 6.92 Å². The van der Waals surface area contributed by atoms with E-state index in [4.69, 9.17) is 9.97 Å². The highest BCUT2D eigenvalue weighted by Crippen LogP contribution is 2.41. The standard InChI is InChI=1S/C39H32N4O2/c1-24-21-34(25-9-4-2-5-10-25)41-33-18-15-28(23-31(24)33)38-42-37-35(43(38)29-12-6-3-7-13-29)19-16-30(39(44)45)36(37)27-14-17-32-26(22-27)11-8-20-40-32/h2,4-5,8-11,14-23,29H,3,6-7,12-13H2,1H3,(H,44,45). The van der Waals surface area contributed by atoms with Crippen molar-refractivity contribution in [2.24, 2.45) is 0 Å². The molecule has 0 saturated heterocycles. The molecule has 3 heterocycles. The van der Waals surface area contributed by atoms with Crippen molar-refractivity contribution < 1.29 is 9.90 Å². The molecule has 1 aliphatic rings. The molecule has 220 valence electrons. The minimum atomic E-state index is -0.964. The minimum absolute atomic E-state index is 0.248. The molecule has 0 spiro atoms. The van der Waals surface area contributed by atoms with Crippen LogP contribution in [0.3, 0.4) is 0 Å². The summed E-state index contributed by atoms with van der Waals surface area (Å²) in [6, 6.07) is 32.7. The largest absolute Gasteiger partial charge is 0.478 e. The van der Waals surface area contributed by atoms with Crippen molar-refractivity contribution in [2.45, 2.75) is 45.1 Å². The maximum absolute atomic E-state index is 12.6. The van der Waals surface area contributed by atoms with Crippen LogP contribution in [-0.2, 0) is 0 Å². The summed E-state index contributed by atoms with van der Waals surface area (Å²) in [7, 11) is 0. The number of pyridine rings is 2. The van der Waals surface area contributed by atoms with Gasteiger partial charge in [0, 0.05) is 39.7 Å². The normalized spacial score (nSPS) is 14.0. The number of hydrogen-bond donors (Lipinski definition) is 1. The van der Waals surface area contributed by atoms with Gasteiger partial charge in [-0.2, -0.15) is 0 Å². The van der Waals surface area contributed by atoms with Crippen LogP contribution in [0.15, 0.2) is 103 Å². The van der Waals surface area contributed by atoms with Crippen LogP contribution in [0.4, 0.5) is 0 Å². The summed E-state index contributed by atoms with van der Waals surface area (Å²) in [4.78, 5) is 27.4. The molecule has 8 rings (SSSR count). The van der Waals surface area contributed by atoms with E-state index in [1.165, 1.54) is 19.3 Å². The van der Waals surface area contributed by atoms with Gasteiger partial charge >= 0.3 is 5.97 Å². The van der Waals surface area contributed by atoms with E-state index < -0.39 is 5.97 Å². The van der Waals surface area contributed by atoms with Crippen LogP contribution in [0.25, 0.3) is 66.6 Å². The molecule has 0 radical (unpaired) electrons. The fourth-order valence-corrected chi connectivity index (χ4v) is 7.07. The van der Waals surface area contributed by atoms with Crippen LogP contribution >= 0.6 is 0 Å². The Balaban J connectivity index is 1.36. The van der Waals surface area contributed by atoms with Crippen LogP contribution in [-0.4, -0.2) is 30.6 Å². The van der Waals surface area contributed by atoms with Crippen molar-refractivity contribution in [2.75, 3.05) is 0 Å². The minimum Gasteiger partial charge on any atom is -0.478 e. The van der Waals surface area contributed by atoms with Crippen LogP contribution in [0.2, 0.25) is 0 Å². The molecule has 1 aliphatic carbocycles. The average Bonchev–Trinajstić information content (AvgIpc) is 3.48. The number of aromatic nitrogens is 4. The first-order valence-electron chi connectivity index (χ1n) is 15.7. The summed E-state index contributed by atoms with van der Waals surface area (Å²) < 4.78 is 2.38. The molecule has 0 aliphatic heterocycles. The molecule has 1 N–H and O–H groups in total. The first-order chi connectivity index (χ1) is 22.0. The molecule has 1 saturated carbocycles. The fourth-order valence-electron chi connectivity index (χ4n) is 7.07. The van der Waals surface area contributed by atoms with Crippen molar-refractivity contribution in [1.82, 2.24) is 19.5 Å². The number of nitrogens with zero attached hydrogens (tertiary/aromatic N) is 4. The number of carboxylic acid groups (broad SMARTS) is 1. The predicted octanol–water partition coefficient (Wildman–Crippen LogP) is 9.65. The summed E-state index contributed by atoms with van der Waals surface area (Å²) in [6.45, 7) is 2.14. The third kappa shape index (κ3) is 4.74. The molecular weight excluding hydrogens is 556 g/mol. The Kier molecular flexibility index (Phi) is 6.63. The molecule has 1 fully saturated rings. The quantitative estimate of drug-likeness (QED) is 0.216. The zero-order valence-electron chi connectivity index (χ0n) is 25.1. The fraction of sp³-hybridized carbons (Fsp3) is 0.179. The van der Waals surface area contributed by atoms with Gasteiger partial charge in [0.1, 0.15) is 5.82 Å². The Morgan fingerprint density at radius 2 is 1.58 bits per heavy atom. The zero-order chi connectivity index (χ0) is 30.5. The number of carbonyl (C=O) groups is 1. The lowest BCUT2D eigenvalue weighted by Gasteiger charge is -2.26. The van der Waals surface area contributed by atoms with Gasteiger partial charge in [-0.1, -0.05) is 61.7 Å². The number of carboxylic acids is 1. The average molecular weight is 589 g/mol. The number of fused-ring (bicyclic) bond motifs is 3. The van der Waals surface area contributed by atoms with Crippen LogP contribution in [0.5, 0.6) is 0 Å². The molecule has 0 amide bonds. The third-order valence-corrected chi connectivity index (χ3v) is 9.27. The van der Waals surface area contributed by atoms with Gasteiger partial charge in [0.2, 0.25) is 0 Å². The Morgan fingerprint density at radius 3 is 2.40 bits per heavy atom. The van der Waals surface area contributed by atoms with E-state index in [2.05, 4.69) is 52.9 Å². The van der Waals surface area contributed by atoms with Gasteiger partial charge in [-0.3, -0.25) is 4.98 Å². The first kappa shape index (κ1) is 27.2. The van der Waals surface area contributed by atoms with Gasteiger partial charge in [0.15, 0.2) is 0 Å². The SMILES string of the molecule is Cc1cc(-c2ccccc2)nc2ccc(-c3nc4c(-c5ccc6ncccc6c5)c(C(=O)O)ccc4n3C3CCCCC3)cc12. The molecule has 45 heavy (non-hydrogen) atoms. The van der Waals surface area contributed by atoms with Crippen LogP contribution < -0.4 is 0 Å². The van der Waals surface area contributed by atoms with Gasteiger partial charge < -0.3 is 9.67 Å². The number of aromatic carboxylic acids is 1. The molecule has 3 aromatic heterocycles. The van der Waals surface area contributed by atoms with Gasteiger partial charge in [-0.25, -0.2) is 14.8 Å². The molecule has 7 aromatic rings. The van der Waals surface area contributed by atoms with Gasteiger partial charge in [0.05, 0.1) is 33.3 Å². The number of imidazole rings is 1. The van der Waals surface area contributed by atoms with E-state index >= 15 is 0 Å². The molecule has 4 aromatic carbocycles. The smallest absolute Gasteiger partial charge is 0.336 e. The number of benzene rings is 4. The van der Waals surface area contributed by atoms with Crippen molar-refractivity contribution in [3.05, 3.63) is 114 Å². The summed E-state index contributed by atoms with van der Waals surface area (Å²) >= 11 is 0. The van der Waals surface area contributed by atoms with E-state index in [1.54, 1.807) is 12.3 Å². The molecule has 6 nitrogen and oxygen atoms in total. The van der Waals surface area contributed by atoms with E-state index in [0.29, 0.717) is 17.1 Å².